The summed E-state index contributed by atoms with van der Waals surface area (Å²) < 4.78 is 12.6. The van der Waals surface area contributed by atoms with Gasteiger partial charge in [0.1, 0.15) is 16.7 Å². The number of alkyl halides is 1. The summed E-state index contributed by atoms with van der Waals surface area (Å²) in [4.78, 5) is 11.3. The SMILES string of the molecule is CCO[C@@H](Cc1ccc(OC/C=C(/C)C#CC2(Br)C=CC=C(Br)C2)c(Br)c1)C(=O)O. The molecule has 2 atom stereocenters. The van der Waals surface area contributed by atoms with Gasteiger partial charge in [0.05, 0.1) is 4.47 Å². The van der Waals surface area contributed by atoms with Crippen molar-refractivity contribution in [3.8, 4) is 17.6 Å². The van der Waals surface area contributed by atoms with Crippen molar-refractivity contribution >= 4 is 53.8 Å². The summed E-state index contributed by atoms with van der Waals surface area (Å²) in [5.74, 6) is 6.14. The van der Waals surface area contributed by atoms with E-state index in [4.69, 9.17) is 9.47 Å². The van der Waals surface area contributed by atoms with Crippen LogP contribution in [0.4, 0.5) is 0 Å². The minimum atomic E-state index is -0.965. The number of carbonyl (C=O) groups is 1. The van der Waals surface area contributed by atoms with Crippen LogP contribution < -0.4 is 4.74 Å². The van der Waals surface area contributed by atoms with Crippen LogP contribution in [0.1, 0.15) is 25.8 Å². The maximum atomic E-state index is 11.3. The summed E-state index contributed by atoms with van der Waals surface area (Å²) in [6.07, 6.45) is 8.18. The first kappa shape index (κ1) is 24.9. The first-order chi connectivity index (χ1) is 14.2. The molecule has 7 heteroatoms. The smallest absolute Gasteiger partial charge is 0.333 e. The third-order valence-electron chi connectivity index (χ3n) is 4.22. The number of ether oxygens (including phenoxy) is 2. The predicted octanol–water partition coefficient (Wildman–Crippen LogP) is 6.18. The van der Waals surface area contributed by atoms with Crippen molar-refractivity contribution in [3.05, 3.63) is 62.6 Å². The highest BCUT2D eigenvalue weighted by molar-refractivity contribution is 9.12. The molecular formula is C23H23Br3O4. The molecule has 0 amide bonds. The normalized spacial score (nSPS) is 19.5. The molecule has 1 unspecified atom stereocenters. The largest absolute Gasteiger partial charge is 0.488 e. The highest BCUT2D eigenvalue weighted by Crippen LogP contribution is 2.33. The fraction of sp³-hybridized carbons (Fsp3) is 0.348. The molecule has 0 saturated heterocycles. The Morgan fingerprint density at radius 1 is 1.40 bits per heavy atom. The van der Waals surface area contributed by atoms with Crippen LogP contribution in [0.25, 0.3) is 0 Å². The van der Waals surface area contributed by atoms with E-state index in [1.165, 1.54) is 0 Å². The summed E-state index contributed by atoms with van der Waals surface area (Å²) in [6.45, 7) is 4.46. The number of rotatable bonds is 8. The first-order valence-electron chi connectivity index (χ1n) is 9.41. The van der Waals surface area contributed by atoms with Gasteiger partial charge in [-0.2, -0.15) is 0 Å². The van der Waals surface area contributed by atoms with Gasteiger partial charge < -0.3 is 14.6 Å². The Bertz CT molecular complexity index is 924. The van der Waals surface area contributed by atoms with E-state index in [9.17, 15) is 9.90 Å². The van der Waals surface area contributed by atoms with Crippen molar-refractivity contribution < 1.29 is 19.4 Å². The van der Waals surface area contributed by atoms with Crippen LogP contribution in [0.2, 0.25) is 0 Å². The number of aliphatic carboxylic acids is 1. The van der Waals surface area contributed by atoms with E-state index in [-0.39, 0.29) is 4.32 Å². The van der Waals surface area contributed by atoms with Crippen LogP contribution in [0, 0.1) is 11.8 Å². The Kier molecular flexibility index (Phi) is 9.89. The number of carboxylic acid groups (broad SMARTS) is 1. The van der Waals surface area contributed by atoms with Crippen LogP contribution >= 0.6 is 47.8 Å². The molecule has 0 bridgehead atoms. The van der Waals surface area contributed by atoms with Crippen LogP contribution in [0.15, 0.2) is 57.0 Å². The second-order valence-electron chi connectivity index (χ2n) is 6.71. The molecule has 0 fully saturated rings. The van der Waals surface area contributed by atoms with E-state index in [1.54, 1.807) is 6.92 Å². The highest BCUT2D eigenvalue weighted by atomic mass is 79.9. The topological polar surface area (TPSA) is 55.8 Å². The third-order valence-corrected chi connectivity index (χ3v) is 6.13. The molecule has 4 nitrogen and oxygen atoms in total. The van der Waals surface area contributed by atoms with E-state index in [0.29, 0.717) is 25.4 Å². The third kappa shape index (κ3) is 8.07. The molecule has 0 heterocycles. The van der Waals surface area contributed by atoms with E-state index in [2.05, 4.69) is 59.6 Å². The molecule has 160 valence electrons. The number of hydrogen-bond acceptors (Lipinski definition) is 3. The molecule has 30 heavy (non-hydrogen) atoms. The summed E-state index contributed by atoms with van der Waals surface area (Å²) in [7, 11) is 0. The van der Waals surface area contributed by atoms with Gasteiger partial charge in [-0.05, 0) is 63.6 Å². The molecule has 1 aliphatic rings. The van der Waals surface area contributed by atoms with Crippen LogP contribution in [-0.2, 0) is 16.0 Å². The lowest BCUT2D eigenvalue weighted by molar-refractivity contribution is -0.149. The maximum absolute atomic E-state index is 11.3. The van der Waals surface area contributed by atoms with Gasteiger partial charge in [-0.3, -0.25) is 0 Å². The quantitative estimate of drug-likeness (QED) is 0.285. The predicted molar refractivity (Wildman–Crippen MR) is 130 cm³/mol. The average molecular weight is 603 g/mol. The van der Waals surface area contributed by atoms with Gasteiger partial charge in [0, 0.05) is 19.4 Å². The number of allylic oxidation sites excluding steroid dienone is 5. The van der Waals surface area contributed by atoms with E-state index in [1.807, 2.05) is 49.4 Å². The van der Waals surface area contributed by atoms with Crippen molar-refractivity contribution in [1.82, 2.24) is 0 Å². The number of carboxylic acids is 1. The van der Waals surface area contributed by atoms with Gasteiger partial charge in [0.25, 0.3) is 0 Å². The van der Waals surface area contributed by atoms with Crippen molar-refractivity contribution in [1.29, 1.82) is 0 Å². The monoisotopic (exact) mass is 600 g/mol. The molecule has 1 aromatic rings. The Morgan fingerprint density at radius 3 is 2.80 bits per heavy atom. The summed E-state index contributed by atoms with van der Waals surface area (Å²) in [5, 5.41) is 9.22. The van der Waals surface area contributed by atoms with Crippen molar-refractivity contribution in [2.75, 3.05) is 13.2 Å². The Balaban J connectivity index is 1.95. The van der Waals surface area contributed by atoms with Crippen molar-refractivity contribution in [2.24, 2.45) is 0 Å². The number of hydrogen-bond donors (Lipinski definition) is 1. The van der Waals surface area contributed by atoms with Crippen molar-refractivity contribution in [3.63, 3.8) is 0 Å². The van der Waals surface area contributed by atoms with Gasteiger partial charge in [-0.15, -0.1) is 0 Å². The second kappa shape index (κ2) is 11.9. The molecule has 0 saturated carbocycles. The first-order valence-corrected chi connectivity index (χ1v) is 11.8. The summed E-state index contributed by atoms with van der Waals surface area (Å²) in [5.41, 5.74) is 1.78. The number of halogens is 3. The zero-order chi connectivity index (χ0) is 22.1. The second-order valence-corrected chi connectivity index (χ2v) is 10.00. The molecule has 1 aromatic carbocycles. The molecule has 0 radical (unpaired) electrons. The van der Waals surface area contributed by atoms with Crippen LogP contribution in [0.5, 0.6) is 5.75 Å². The maximum Gasteiger partial charge on any atom is 0.333 e. The molecular weight excluding hydrogens is 580 g/mol. The summed E-state index contributed by atoms with van der Waals surface area (Å²) >= 11 is 10.7. The number of benzene rings is 1. The molecule has 1 N–H and O–H groups in total. The average Bonchev–Trinajstić information content (AvgIpc) is 2.67. The Morgan fingerprint density at radius 2 is 2.17 bits per heavy atom. The fourth-order valence-corrected chi connectivity index (χ4v) is 4.75. The molecule has 1 aliphatic carbocycles. The minimum Gasteiger partial charge on any atom is -0.488 e. The van der Waals surface area contributed by atoms with Gasteiger partial charge in [0.2, 0.25) is 0 Å². The lowest BCUT2D eigenvalue weighted by atomic mass is 10.0. The van der Waals surface area contributed by atoms with Crippen LogP contribution in [0.3, 0.4) is 0 Å². The zero-order valence-corrected chi connectivity index (χ0v) is 21.5. The van der Waals surface area contributed by atoms with Gasteiger partial charge >= 0.3 is 5.97 Å². The van der Waals surface area contributed by atoms with Crippen molar-refractivity contribution in [2.45, 2.75) is 37.1 Å². The lowest BCUT2D eigenvalue weighted by Crippen LogP contribution is -2.26. The molecule has 0 aliphatic heterocycles. The van der Waals surface area contributed by atoms with Gasteiger partial charge in [0.15, 0.2) is 6.10 Å². The van der Waals surface area contributed by atoms with Gasteiger partial charge in [-0.1, -0.05) is 68.0 Å². The van der Waals surface area contributed by atoms with E-state index in [0.717, 1.165) is 26.5 Å². The lowest BCUT2D eigenvalue weighted by Gasteiger charge is -2.19. The Labute approximate surface area is 202 Å². The van der Waals surface area contributed by atoms with E-state index >= 15 is 0 Å². The fourth-order valence-electron chi connectivity index (χ4n) is 2.69. The Hall–Kier alpha value is -1.33. The van der Waals surface area contributed by atoms with Crippen LogP contribution in [-0.4, -0.2) is 34.7 Å². The van der Waals surface area contributed by atoms with E-state index < -0.39 is 12.1 Å². The van der Waals surface area contributed by atoms with Gasteiger partial charge in [-0.25, -0.2) is 4.79 Å². The molecule has 0 spiro atoms. The highest BCUT2D eigenvalue weighted by Gasteiger charge is 2.23. The summed E-state index contributed by atoms with van der Waals surface area (Å²) in [6, 6.07) is 5.53. The standard InChI is InChI=1S/C23H23Br3O4/c1-3-29-21(22(27)28)14-17-6-7-20(19(25)13-17)30-12-9-16(2)8-11-23(26)10-4-5-18(24)15-23/h4-7,9-10,13,21H,3,12,14-15H2,1-2H3,(H,27,28)/b16-9-/t21-,23?/m0/s1. The zero-order valence-electron chi connectivity index (χ0n) is 16.8. The molecule has 0 aromatic heterocycles. The molecule has 2 rings (SSSR count). The minimum absolute atomic E-state index is 0.296.